The zero-order chi connectivity index (χ0) is 20.5. The van der Waals surface area contributed by atoms with Gasteiger partial charge < -0.3 is 0 Å². The molecule has 0 saturated heterocycles. The Morgan fingerprint density at radius 1 is 1.11 bits per heavy atom. The van der Waals surface area contributed by atoms with Crippen molar-refractivity contribution in [1.29, 1.82) is 0 Å². The van der Waals surface area contributed by atoms with E-state index < -0.39 is 10.0 Å². The highest BCUT2D eigenvalue weighted by atomic mass is 32.2. The van der Waals surface area contributed by atoms with E-state index >= 15 is 0 Å². The van der Waals surface area contributed by atoms with E-state index in [1.54, 1.807) is 11.6 Å². The first-order valence-corrected chi connectivity index (χ1v) is 11.8. The molecule has 2 aromatic rings. The Kier molecular flexibility index (Phi) is 6.01. The van der Waals surface area contributed by atoms with Gasteiger partial charge in [0.05, 0.1) is 17.1 Å². The molecule has 5 nitrogen and oxygen atoms in total. The van der Waals surface area contributed by atoms with Crippen molar-refractivity contribution in [3.63, 3.8) is 0 Å². The maximum absolute atomic E-state index is 13.2. The summed E-state index contributed by atoms with van der Waals surface area (Å²) in [4.78, 5) is 0.312. The van der Waals surface area contributed by atoms with E-state index in [-0.39, 0.29) is 6.04 Å². The van der Waals surface area contributed by atoms with Gasteiger partial charge in [-0.2, -0.15) is 5.10 Å². The highest BCUT2D eigenvalue weighted by Crippen LogP contribution is 2.40. The van der Waals surface area contributed by atoms with Crippen molar-refractivity contribution in [3.05, 3.63) is 41.7 Å². The molecule has 3 rings (SSSR count). The molecular formula is C22H33N3O2S. The molecule has 0 bridgehead atoms. The van der Waals surface area contributed by atoms with Gasteiger partial charge in [-0.3, -0.25) is 0 Å². The van der Waals surface area contributed by atoms with Crippen LogP contribution in [0.5, 0.6) is 0 Å². The van der Waals surface area contributed by atoms with Crippen LogP contribution in [0.1, 0.15) is 64.3 Å². The molecule has 1 aromatic carbocycles. The van der Waals surface area contributed by atoms with E-state index in [4.69, 9.17) is 0 Å². The van der Waals surface area contributed by atoms with Crippen molar-refractivity contribution in [2.24, 2.45) is 11.3 Å². The number of para-hydroxylation sites is 1. The molecule has 1 aromatic heterocycles. The normalized spacial score (nSPS) is 21.0. The molecule has 0 spiro atoms. The first-order valence-electron chi connectivity index (χ1n) is 10.3. The average molecular weight is 404 g/mol. The fraction of sp³-hybridized carbons (Fsp3) is 0.591. The molecule has 0 aliphatic heterocycles. The summed E-state index contributed by atoms with van der Waals surface area (Å²) in [6.45, 7) is 10.5. The molecule has 6 heteroatoms. The third kappa shape index (κ3) is 4.18. The average Bonchev–Trinajstić information content (AvgIpc) is 2.97. The minimum atomic E-state index is -3.60. The molecule has 28 heavy (non-hydrogen) atoms. The van der Waals surface area contributed by atoms with E-state index in [9.17, 15) is 8.42 Å². The molecule has 1 heterocycles. The maximum atomic E-state index is 13.2. The van der Waals surface area contributed by atoms with Crippen LogP contribution in [0, 0.1) is 25.2 Å². The fourth-order valence-electron chi connectivity index (χ4n) is 4.40. The highest BCUT2D eigenvalue weighted by Gasteiger charge is 2.34. The van der Waals surface area contributed by atoms with Gasteiger partial charge in [0.15, 0.2) is 0 Å². The molecule has 1 fully saturated rings. The molecule has 1 aliphatic rings. The van der Waals surface area contributed by atoms with E-state index in [1.165, 1.54) is 0 Å². The molecule has 0 radical (unpaired) electrons. The van der Waals surface area contributed by atoms with Crippen LogP contribution in [0.3, 0.4) is 0 Å². The highest BCUT2D eigenvalue weighted by molar-refractivity contribution is 7.89. The number of hydrogen-bond donors (Lipinski definition) is 1. The molecule has 1 N–H and O–H groups in total. The summed E-state index contributed by atoms with van der Waals surface area (Å²) in [5, 5.41) is 4.49. The molecule has 154 valence electrons. The molecule has 1 saturated carbocycles. The fourth-order valence-corrected chi connectivity index (χ4v) is 6.10. The van der Waals surface area contributed by atoms with Gasteiger partial charge in [-0.25, -0.2) is 17.8 Å². The standard InChI is InChI=1S/C22H33N3O2S/c1-6-22(4,5)18-12-14-19(15-13-18)24-28(26,27)21-16(2)23-25(17(21)3)20-10-8-7-9-11-20/h7-11,18-19,24H,6,12-15H2,1-5H3. The third-order valence-corrected chi connectivity index (χ3v) is 8.33. The van der Waals surface area contributed by atoms with E-state index in [1.807, 2.05) is 37.3 Å². The van der Waals surface area contributed by atoms with Gasteiger partial charge in [0.1, 0.15) is 4.90 Å². The van der Waals surface area contributed by atoms with Crippen LogP contribution in [-0.4, -0.2) is 24.2 Å². The summed E-state index contributed by atoms with van der Waals surface area (Å²) >= 11 is 0. The number of benzene rings is 1. The first-order chi connectivity index (χ1) is 13.2. The zero-order valence-corrected chi connectivity index (χ0v) is 18.5. The number of rotatable bonds is 6. The predicted octanol–water partition coefficient (Wildman–Crippen LogP) is 4.76. The smallest absolute Gasteiger partial charge is 0.236 e. The Hall–Kier alpha value is -1.66. The van der Waals surface area contributed by atoms with Crippen LogP contribution < -0.4 is 4.72 Å². The molecule has 1 aliphatic carbocycles. The maximum Gasteiger partial charge on any atom is 0.244 e. The van der Waals surface area contributed by atoms with Crippen molar-refractivity contribution in [1.82, 2.24) is 14.5 Å². The van der Waals surface area contributed by atoms with Crippen molar-refractivity contribution in [2.45, 2.75) is 77.7 Å². The second kappa shape index (κ2) is 7.99. The van der Waals surface area contributed by atoms with Crippen LogP contribution in [0.15, 0.2) is 35.2 Å². The monoisotopic (exact) mass is 403 g/mol. The second-order valence-corrected chi connectivity index (χ2v) is 10.4. The summed E-state index contributed by atoms with van der Waals surface area (Å²) < 4.78 is 31.0. The topological polar surface area (TPSA) is 64.0 Å². The summed E-state index contributed by atoms with van der Waals surface area (Å²) in [5.74, 6) is 0.669. The van der Waals surface area contributed by atoms with Gasteiger partial charge in [-0.05, 0) is 63.0 Å². The Morgan fingerprint density at radius 3 is 2.29 bits per heavy atom. The third-order valence-electron chi connectivity index (χ3n) is 6.56. The molecule has 0 amide bonds. The van der Waals surface area contributed by atoms with Gasteiger partial charge in [0.2, 0.25) is 10.0 Å². The number of nitrogens with one attached hydrogen (secondary N) is 1. The van der Waals surface area contributed by atoms with Crippen LogP contribution >= 0.6 is 0 Å². The number of sulfonamides is 1. The Bertz CT molecular complexity index is 909. The van der Waals surface area contributed by atoms with Crippen molar-refractivity contribution < 1.29 is 8.42 Å². The zero-order valence-electron chi connectivity index (χ0n) is 17.7. The quantitative estimate of drug-likeness (QED) is 0.756. The lowest BCUT2D eigenvalue weighted by atomic mass is 9.69. The molecule has 0 unspecified atom stereocenters. The summed E-state index contributed by atoms with van der Waals surface area (Å²) in [6, 6.07) is 9.65. The Morgan fingerprint density at radius 2 is 1.71 bits per heavy atom. The minimum absolute atomic E-state index is 0.00721. The van der Waals surface area contributed by atoms with E-state index in [0.717, 1.165) is 37.8 Å². The summed E-state index contributed by atoms with van der Waals surface area (Å²) in [7, 11) is -3.60. The number of aryl methyl sites for hydroxylation is 1. The lowest BCUT2D eigenvalue weighted by molar-refractivity contribution is 0.142. The summed E-state index contributed by atoms with van der Waals surface area (Å²) in [6.07, 6.45) is 5.12. The van der Waals surface area contributed by atoms with Crippen molar-refractivity contribution in [2.75, 3.05) is 0 Å². The van der Waals surface area contributed by atoms with E-state index in [0.29, 0.717) is 27.6 Å². The Labute approximate surface area is 169 Å². The van der Waals surface area contributed by atoms with Crippen LogP contribution in [0.2, 0.25) is 0 Å². The van der Waals surface area contributed by atoms with Gasteiger partial charge in [0.25, 0.3) is 0 Å². The van der Waals surface area contributed by atoms with Crippen molar-refractivity contribution in [3.8, 4) is 5.69 Å². The first kappa shape index (κ1) is 21.1. The SMILES string of the molecule is CCC(C)(C)C1CCC(NS(=O)(=O)c2c(C)nn(-c3ccccc3)c2C)CC1. The number of hydrogen-bond acceptors (Lipinski definition) is 3. The summed E-state index contributed by atoms with van der Waals surface area (Å²) in [5.41, 5.74) is 2.38. The van der Waals surface area contributed by atoms with E-state index in [2.05, 4.69) is 30.6 Å². The van der Waals surface area contributed by atoms with Crippen LogP contribution in [-0.2, 0) is 10.0 Å². The van der Waals surface area contributed by atoms with Gasteiger partial charge in [-0.1, -0.05) is 45.4 Å². The van der Waals surface area contributed by atoms with Gasteiger partial charge in [0, 0.05) is 6.04 Å². The molecule has 0 atom stereocenters. The lowest BCUT2D eigenvalue weighted by Crippen LogP contribution is -2.40. The van der Waals surface area contributed by atoms with Gasteiger partial charge in [-0.15, -0.1) is 0 Å². The number of nitrogens with zero attached hydrogens (tertiary/aromatic N) is 2. The van der Waals surface area contributed by atoms with Crippen LogP contribution in [0.25, 0.3) is 5.69 Å². The lowest BCUT2D eigenvalue weighted by Gasteiger charge is -2.39. The number of aromatic nitrogens is 2. The van der Waals surface area contributed by atoms with Crippen molar-refractivity contribution >= 4 is 10.0 Å². The molecular weight excluding hydrogens is 370 g/mol. The minimum Gasteiger partial charge on any atom is -0.236 e. The second-order valence-electron chi connectivity index (χ2n) is 8.76. The van der Waals surface area contributed by atoms with Crippen LogP contribution in [0.4, 0.5) is 0 Å². The Balaban J connectivity index is 1.77. The largest absolute Gasteiger partial charge is 0.244 e. The van der Waals surface area contributed by atoms with Gasteiger partial charge >= 0.3 is 0 Å². The predicted molar refractivity (Wildman–Crippen MR) is 113 cm³/mol.